The van der Waals surface area contributed by atoms with Gasteiger partial charge in [-0.15, -0.1) is 0 Å². The van der Waals surface area contributed by atoms with Crippen molar-refractivity contribution in [2.24, 2.45) is 0 Å². The van der Waals surface area contributed by atoms with Crippen molar-refractivity contribution in [2.45, 2.75) is 6.61 Å². The fourth-order valence-corrected chi connectivity index (χ4v) is 5.16. The van der Waals surface area contributed by atoms with Crippen molar-refractivity contribution in [1.82, 2.24) is 0 Å². The van der Waals surface area contributed by atoms with Crippen LogP contribution in [0.15, 0.2) is 70.0 Å². The number of halogens is 1. The van der Waals surface area contributed by atoms with Crippen LogP contribution >= 0.6 is 39.9 Å². The number of thiocarbonyl (C=S) groups is 1. The quantitative estimate of drug-likeness (QED) is 0.152. The van der Waals surface area contributed by atoms with E-state index in [0.717, 1.165) is 10.0 Å². The fourth-order valence-electron chi connectivity index (χ4n) is 3.49. The number of carbonyl (C=O) groups is 1. The molecule has 0 saturated carbocycles. The monoisotopic (exact) mass is 570 g/mol. The number of amides is 1. The first kappa shape index (κ1) is 23.3. The van der Waals surface area contributed by atoms with Gasteiger partial charge in [0.15, 0.2) is 15.8 Å². The summed E-state index contributed by atoms with van der Waals surface area (Å²) in [5, 5.41) is 10.9. The number of carbonyl (C=O) groups excluding carboxylic acids is 1. The Morgan fingerprint density at radius 3 is 2.66 bits per heavy atom. The number of thioether (sulfide) groups is 1. The molecule has 1 fully saturated rings. The average Bonchev–Trinajstić information content (AvgIpc) is 3.42. The van der Waals surface area contributed by atoms with Crippen LogP contribution in [0.4, 0.5) is 11.4 Å². The lowest BCUT2D eigenvalue weighted by molar-refractivity contribution is -0.384. The van der Waals surface area contributed by atoms with E-state index in [0.29, 0.717) is 37.7 Å². The van der Waals surface area contributed by atoms with E-state index in [4.69, 9.17) is 26.4 Å². The lowest BCUT2D eigenvalue weighted by atomic mass is 10.1. The SMILES string of the molecule is O=C1/C(=C/c2cc(Br)ccc2OCc2ccc([N+](=O)[O-])cc2)SC(=S)N1c1ccc2c(c1)OCO2. The van der Waals surface area contributed by atoms with E-state index in [-0.39, 0.29) is 25.0 Å². The fraction of sp³-hybridized carbons (Fsp3) is 0.0833. The molecule has 0 aromatic heterocycles. The molecule has 0 bridgehead atoms. The number of ether oxygens (including phenoxy) is 3. The van der Waals surface area contributed by atoms with Crippen molar-refractivity contribution >= 4 is 67.6 Å². The van der Waals surface area contributed by atoms with E-state index >= 15 is 0 Å². The number of non-ortho nitro benzene ring substituents is 1. The highest BCUT2D eigenvalue weighted by Gasteiger charge is 2.34. The van der Waals surface area contributed by atoms with Crippen molar-refractivity contribution in [3.05, 3.63) is 91.3 Å². The average molecular weight is 571 g/mol. The maximum atomic E-state index is 13.3. The second-order valence-corrected chi connectivity index (χ2v) is 10.0. The molecule has 3 aromatic carbocycles. The Morgan fingerprint density at radius 2 is 1.89 bits per heavy atom. The molecule has 0 spiro atoms. The molecular formula is C24H15BrN2O6S2. The molecule has 0 radical (unpaired) electrons. The number of fused-ring (bicyclic) bond motifs is 1. The zero-order valence-corrected chi connectivity index (χ0v) is 21.0. The van der Waals surface area contributed by atoms with Crippen molar-refractivity contribution in [3.63, 3.8) is 0 Å². The van der Waals surface area contributed by atoms with Crippen LogP contribution < -0.4 is 19.1 Å². The van der Waals surface area contributed by atoms with Crippen LogP contribution in [0.2, 0.25) is 0 Å². The minimum absolute atomic E-state index is 0.0163. The van der Waals surface area contributed by atoms with Crippen molar-refractivity contribution in [3.8, 4) is 17.2 Å². The number of rotatable bonds is 6. The zero-order valence-electron chi connectivity index (χ0n) is 17.8. The molecule has 0 atom stereocenters. The summed E-state index contributed by atoms with van der Waals surface area (Å²) in [5.74, 6) is 1.49. The third kappa shape index (κ3) is 4.88. The molecule has 5 rings (SSSR count). The highest BCUT2D eigenvalue weighted by molar-refractivity contribution is 9.10. The summed E-state index contributed by atoms with van der Waals surface area (Å²) in [5.41, 5.74) is 2.08. The maximum absolute atomic E-state index is 13.3. The number of anilines is 1. The standard InChI is InChI=1S/C24H15BrN2O6S2/c25-16-3-7-19(31-12-14-1-4-17(5-2-14)27(29)30)15(9-16)10-22-23(28)26(24(34)35-22)18-6-8-20-21(11-18)33-13-32-20/h1-11H,12-13H2/b22-10-. The predicted octanol–water partition coefficient (Wildman–Crippen LogP) is 6.07. The number of nitrogens with zero attached hydrogens (tertiary/aromatic N) is 2. The van der Waals surface area contributed by atoms with Crippen LogP contribution in [0.3, 0.4) is 0 Å². The molecule has 11 heteroatoms. The molecular weight excluding hydrogens is 556 g/mol. The number of nitro benzene ring substituents is 1. The van der Waals surface area contributed by atoms with Gasteiger partial charge in [-0.25, -0.2) is 0 Å². The topological polar surface area (TPSA) is 91.1 Å². The summed E-state index contributed by atoms with van der Waals surface area (Å²) in [6, 6.07) is 16.9. The molecule has 1 amide bonds. The molecule has 8 nitrogen and oxygen atoms in total. The van der Waals surface area contributed by atoms with Gasteiger partial charge >= 0.3 is 0 Å². The van der Waals surface area contributed by atoms with E-state index in [2.05, 4.69) is 15.9 Å². The van der Waals surface area contributed by atoms with E-state index in [1.807, 2.05) is 12.1 Å². The second-order valence-electron chi connectivity index (χ2n) is 7.45. The zero-order chi connectivity index (χ0) is 24.5. The summed E-state index contributed by atoms with van der Waals surface area (Å²) in [7, 11) is 0. The summed E-state index contributed by atoms with van der Waals surface area (Å²) in [6.45, 7) is 0.348. The lowest BCUT2D eigenvalue weighted by Gasteiger charge is -2.15. The molecule has 2 aliphatic heterocycles. The van der Waals surface area contributed by atoms with Crippen molar-refractivity contribution in [2.75, 3.05) is 11.7 Å². The molecule has 2 heterocycles. The molecule has 0 unspecified atom stereocenters. The Morgan fingerprint density at radius 1 is 1.11 bits per heavy atom. The number of hydrogen-bond acceptors (Lipinski definition) is 8. The van der Waals surface area contributed by atoms with Crippen LogP contribution in [0.5, 0.6) is 17.2 Å². The third-order valence-electron chi connectivity index (χ3n) is 5.21. The molecule has 35 heavy (non-hydrogen) atoms. The van der Waals surface area contributed by atoms with Crippen LogP contribution in [-0.2, 0) is 11.4 Å². The van der Waals surface area contributed by atoms with Crippen LogP contribution in [0, 0.1) is 10.1 Å². The van der Waals surface area contributed by atoms with Gasteiger partial charge in [0.1, 0.15) is 12.4 Å². The van der Waals surface area contributed by atoms with Gasteiger partial charge in [-0.3, -0.25) is 19.8 Å². The molecule has 1 saturated heterocycles. The maximum Gasteiger partial charge on any atom is 0.270 e. The summed E-state index contributed by atoms with van der Waals surface area (Å²) >= 11 is 10.2. The normalized spacial score (nSPS) is 15.7. The molecule has 176 valence electrons. The Bertz CT molecular complexity index is 1390. The summed E-state index contributed by atoms with van der Waals surface area (Å²) in [4.78, 5) is 25.6. The first-order valence-corrected chi connectivity index (χ1v) is 12.2. The van der Waals surface area contributed by atoms with Gasteiger partial charge in [-0.1, -0.05) is 39.9 Å². The number of nitro groups is 1. The smallest absolute Gasteiger partial charge is 0.270 e. The minimum atomic E-state index is -0.447. The van der Waals surface area contributed by atoms with Crippen molar-refractivity contribution in [1.29, 1.82) is 0 Å². The minimum Gasteiger partial charge on any atom is -0.488 e. The second kappa shape index (κ2) is 9.68. The van der Waals surface area contributed by atoms with Gasteiger partial charge in [-0.2, -0.15) is 0 Å². The van der Waals surface area contributed by atoms with Gasteiger partial charge in [0.05, 0.1) is 15.5 Å². The Labute approximate surface area is 217 Å². The van der Waals surface area contributed by atoms with E-state index in [1.165, 1.54) is 28.8 Å². The Balaban J connectivity index is 1.38. The van der Waals surface area contributed by atoms with Gasteiger partial charge in [0.25, 0.3) is 11.6 Å². The first-order chi connectivity index (χ1) is 16.9. The third-order valence-corrected chi connectivity index (χ3v) is 7.00. The van der Waals surface area contributed by atoms with Gasteiger partial charge in [-0.05, 0) is 54.1 Å². The van der Waals surface area contributed by atoms with Crippen LogP contribution in [0.25, 0.3) is 6.08 Å². The highest BCUT2D eigenvalue weighted by Crippen LogP contribution is 2.41. The van der Waals surface area contributed by atoms with Gasteiger partial charge < -0.3 is 14.2 Å². The number of benzene rings is 3. The van der Waals surface area contributed by atoms with Gasteiger partial charge in [0.2, 0.25) is 6.79 Å². The molecule has 2 aliphatic rings. The van der Waals surface area contributed by atoms with Crippen LogP contribution in [0.1, 0.15) is 11.1 Å². The molecule has 0 N–H and O–H groups in total. The Kier molecular flexibility index (Phi) is 6.46. The number of hydrogen-bond donors (Lipinski definition) is 0. The molecule has 0 aliphatic carbocycles. The van der Waals surface area contributed by atoms with E-state index in [9.17, 15) is 14.9 Å². The largest absolute Gasteiger partial charge is 0.488 e. The van der Waals surface area contributed by atoms with E-state index in [1.54, 1.807) is 42.5 Å². The summed E-state index contributed by atoms with van der Waals surface area (Å²) in [6.07, 6.45) is 1.74. The molecule has 3 aromatic rings. The predicted molar refractivity (Wildman–Crippen MR) is 140 cm³/mol. The van der Waals surface area contributed by atoms with Crippen molar-refractivity contribution < 1.29 is 23.9 Å². The van der Waals surface area contributed by atoms with Crippen LogP contribution in [-0.4, -0.2) is 21.9 Å². The Hall–Kier alpha value is -3.41. The van der Waals surface area contributed by atoms with Gasteiger partial charge in [0, 0.05) is 28.2 Å². The first-order valence-electron chi connectivity index (χ1n) is 10.2. The van der Waals surface area contributed by atoms with E-state index < -0.39 is 4.92 Å². The lowest BCUT2D eigenvalue weighted by Crippen LogP contribution is -2.27. The highest BCUT2D eigenvalue weighted by atomic mass is 79.9. The summed E-state index contributed by atoms with van der Waals surface area (Å²) < 4.78 is 18.0.